The van der Waals surface area contributed by atoms with Crippen molar-refractivity contribution < 1.29 is 17.9 Å². The van der Waals surface area contributed by atoms with E-state index in [-0.39, 0.29) is 11.8 Å². The Morgan fingerprint density at radius 1 is 1.19 bits per heavy atom. The minimum atomic E-state index is -4.03. The number of anilines is 1. The second-order valence-electron chi connectivity index (χ2n) is 9.15. The van der Waals surface area contributed by atoms with Crippen molar-refractivity contribution in [2.24, 2.45) is 7.05 Å². The van der Waals surface area contributed by atoms with Crippen molar-refractivity contribution >= 4 is 38.5 Å². The number of aromatic nitrogens is 7. The van der Waals surface area contributed by atoms with Gasteiger partial charge in [0.15, 0.2) is 11.6 Å². The molecule has 1 aliphatic rings. The molecule has 1 aromatic carbocycles. The molecule has 12 nitrogen and oxygen atoms in total. The van der Waals surface area contributed by atoms with Crippen LogP contribution in [0.1, 0.15) is 31.7 Å². The van der Waals surface area contributed by atoms with Crippen molar-refractivity contribution in [1.29, 1.82) is 0 Å². The lowest BCUT2D eigenvalue weighted by atomic mass is 10.1. The molecule has 1 fully saturated rings. The average molecular weight is 547 g/mol. The van der Waals surface area contributed by atoms with Gasteiger partial charge in [-0.2, -0.15) is 5.10 Å². The van der Waals surface area contributed by atoms with Gasteiger partial charge in [0.2, 0.25) is 16.0 Å². The smallest absolute Gasteiger partial charge is 0.240 e. The summed E-state index contributed by atoms with van der Waals surface area (Å²) >= 11 is 5.89. The number of nitrogens with zero attached hydrogens (tertiary/aromatic N) is 7. The Kier molecular flexibility index (Phi) is 6.64. The lowest BCUT2D eigenvalue weighted by molar-refractivity contribution is 0.0950. The molecule has 3 aromatic heterocycles. The van der Waals surface area contributed by atoms with E-state index in [0.717, 1.165) is 29.3 Å². The molecule has 0 bridgehead atoms. The Balaban J connectivity index is 1.56. The molecular weight excluding hydrogens is 520 g/mol. The van der Waals surface area contributed by atoms with Gasteiger partial charge in [-0.1, -0.05) is 23.7 Å². The Labute approximate surface area is 219 Å². The number of halogens is 1. The molecule has 0 aliphatic heterocycles. The van der Waals surface area contributed by atoms with E-state index in [9.17, 15) is 8.42 Å². The van der Waals surface area contributed by atoms with Crippen LogP contribution in [0, 0.1) is 0 Å². The summed E-state index contributed by atoms with van der Waals surface area (Å²) in [4.78, 5) is 8.28. The molecule has 1 saturated carbocycles. The van der Waals surface area contributed by atoms with Crippen LogP contribution in [0.3, 0.4) is 0 Å². The van der Waals surface area contributed by atoms with E-state index in [0.29, 0.717) is 17.5 Å². The molecule has 2 unspecified atom stereocenters. The Morgan fingerprint density at radius 2 is 1.92 bits per heavy atom. The van der Waals surface area contributed by atoms with Gasteiger partial charge < -0.3 is 9.47 Å². The molecule has 14 heteroatoms. The molecule has 0 spiro atoms. The van der Waals surface area contributed by atoms with Crippen LogP contribution in [0.15, 0.2) is 36.8 Å². The van der Waals surface area contributed by atoms with Gasteiger partial charge in [-0.15, -0.1) is 10.2 Å². The fourth-order valence-electron chi connectivity index (χ4n) is 4.54. The number of aryl methyl sites for hydroxylation is 1. The Hall–Kier alpha value is -3.13. The molecule has 5 rings (SSSR count). The van der Waals surface area contributed by atoms with Crippen LogP contribution >= 0.6 is 11.6 Å². The minimum absolute atomic E-state index is 0.101. The van der Waals surface area contributed by atoms with Crippen LogP contribution in [0.4, 0.5) is 5.95 Å². The molecule has 1 N–H and O–H groups in total. The van der Waals surface area contributed by atoms with E-state index < -0.39 is 26.9 Å². The lowest BCUT2D eigenvalue weighted by Crippen LogP contribution is -2.35. The molecular formula is C23H27ClN8O4S. The van der Waals surface area contributed by atoms with Crippen LogP contribution < -0.4 is 4.72 Å². The quantitative estimate of drug-likeness (QED) is 0.318. The van der Waals surface area contributed by atoms with Crippen LogP contribution in [-0.4, -0.2) is 69.0 Å². The topological polar surface area (TPSA) is 139 Å². The van der Waals surface area contributed by atoms with Crippen molar-refractivity contribution in [3.05, 3.63) is 47.6 Å². The Bertz CT molecular complexity index is 1530. The minimum Gasteiger partial charge on any atom is -0.382 e. The van der Waals surface area contributed by atoms with E-state index in [1.54, 1.807) is 11.8 Å². The van der Waals surface area contributed by atoms with Gasteiger partial charge in [-0.3, -0.25) is 14.0 Å². The fourth-order valence-corrected chi connectivity index (χ4v) is 5.76. The highest BCUT2D eigenvalue weighted by Crippen LogP contribution is 2.48. The number of fused-ring (bicyclic) bond motifs is 1. The van der Waals surface area contributed by atoms with E-state index in [1.165, 1.54) is 26.4 Å². The summed E-state index contributed by atoms with van der Waals surface area (Å²) in [5.74, 6) is 0.834. The van der Waals surface area contributed by atoms with E-state index in [1.807, 2.05) is 36.0 Å². The zero-order chi connectivity index (χ0) is 26.4. The van der Waals surface area contributed by atoms with Crippen molar-refractivity contribution in [3.8, 4) is 11.4 Å². The average Bonchev–Trinajstić information content (AvgIpc) is 3.34. The number of benzene rings is 1. The standard InChI is InChI=1S/C23H27ClN8O4S/c1-14(19(36-4)20-25-10-15(24)11-26-20)37(33,34)30-22-28-27-21(32(22)23(8-9-23)13-35-3)16-6-5-7-18-17(16)12-31(2)29-18/h5-7,10-12,14,19H,8-9,13H2,1-4H3,(H,28,30). The maximum atomic E-state index is 13.6. The van der Waals surface area contributed by atoms with Gasteiger partial charge in [0.1, 0.15) is 11.4 Å². The van der Waals surface area contributed by atoms with Crippen LogP contribution in [0.2, 0.25) is 5.02 Å². The summed E-state index contributed by atoms with van der Waals surface area (Å²) in [6.07, 6.45) is 5.33. The molecule has 0 radical (unpaired) electrons. The van der Waals surface area contributed by atoms with E-state index in [4.69, 9.17) is 21.1 Å². The fraction of sp³-hybridized carbons (Fsp3) is 0.435. The summed E-state index contributed by atoms with van der Waals surface area (Å²) in [6.45, 7) is 1.90. The van der Waals surface area contributed by atoms with Crippen LogP contribution in [-0.2, 0) is 32.1 Å². The monoisotopic (exact) mass is 546 g/mol. The first-order valence-corrected chi connectivity index (χ1v) is 13.5. The molecule has 1 aliphatic carbocycles. The molecule has 4 aromatic rings. The van der Waals surface area contributed by atoms with Crippen molar-refractivity contribution in [2.75, 3.05) is 25.5 Å². The summed E-state index contributed by atoms with van der Waals surface area (Å²) in [5.41, 5.74) is 1.12. The third-order valence-electron chi connectivity index (χ3n) is 6.58. The SMILES string of the molecule is COCC1(n2c(NS(=O)(=O)C(C)C(OC)c3ncc(Cl)cn3)nnc2-c2cccc3nn(C)cc23)CC1. The van der Waals surface area contributed by atoms with Gasteiger partial charge in [0.25, 0.3) is 0 Å². The maximum absolute atomic E-state index is 13.6. The maximum Gasteiger partial charge on any atom is 0.240 e. The normalized spacial score (nSPS) is 16.6. The number of sulfonamides is 1. The van der Waals surface area contributed by atoms with Gasteiger partial charge in [0.05, 0.1) is 22.7 Å². The number of hydrogen-bond donors (Lipinski definition) is 1. The van der Waals surface area contributed by atoms with Gasteiger partial charge >= 0.3 is 0 Å². The second kappa shape index (κ2) is 9.63. The number of nitrogens with one attached hydrogen (secondary N) is 1. The molecule has 196 valence electrons. The molecule has 2 atom stereocenters. The summed E-state index contributed by atoms with van der Waals surface area (Å²) in [6, 6.07) is 5.73. The van der Waals surface area contributed by atoms with Gasteiger partial charge in [-0.05, 0) is 25.8 Å². The van der Waals surface area contributed by atoms with Crippen LogP contribution in [0.25, 0.3) is 22.3 Å². The summed E-state index contributed by atoms with van der Waals surface area (Å²) in [5, 5.41) is 13.4. The summed E-state index contributed by atoms with van der Waals surface area (Å²) in [7, 11) is 0.840. The van der Waals surface area contributed by atoms with E-state index in [2.05, 4.69) is 30.0 Å². The van der Waals surface area contributed by atoms with Crippen molar-refractivity contribution in [2.45, 2.75) is 36.7 Å². The number of hydrogen-bond acceptors (Lipinski definition) is 9. The van der Waals surface area contributed by atoms with Crippen LogP contribution in [0.5, 0.6) is 0 Å². The van der Waals surface area contributed by atoms with Crippen molar-refractivity contribution in [3.63, 3.8) is 0 Å². The first-order chi connectivity index (χ1) is 17.7. The lowest BCUT2D eigenvalue weighted by Gasteiger charge is -2.24. The third kappa shape index (κ3) is 4.67. The third-order valence-corrected chi connectivity index (χ3v) is 8.47. The largest absolute Gasteiger partial charge is 0.382 e. The first-order valence-electron chi connectivity index (χ1n) is 11.6. The summed E-state index contributed by atoms with van der Waals surface area (Å²) < 4.78 is 44.3. The molecule has 0 amide bonds. The predicted molar refractivity (Wildman–Crippen MR) is 138 cm³/mol. The zero-order valence-electron chi connectivity index (χ0n) is 20.8. The molecule has 37 heavy (non-hydrogen) atoms. The van der Waals surface area contributed by atoms with E-state index >= 15 is 0 Å². The zero-order valence-corrected chi connectivity index (χ0v) is 22.4. The molecule has 0 saturated heterocycles. The highest BCUT2D eigenvalue weighted by atomic mass is 35.5. The second-order valence-corrected chi connectivity index (χ2v) is 11.6. The highest BCUT2D eigenvalue weighted by molar-refractivity contribution is 7.93. The number of ether oxygens (including phenoxy) is 2. The van der Waals surface area contributed by atoms with Crippen molar-refractivity contribution in [1.82, 2.24) is 34.5 Å². The predicted octanol–water partition coefficient (Wildman–Crippen LogP) is 2.93. The molecule has 3 heterocycles. The van der Waals surface area contributed by atoms with Gasteiger partial charge in [0, 0.05) is 50.8 Å². The number of methoxy groups -OCH3 is 2. The highest BCUT2D eigenvalue weighted by Gasteiger charge is 2.49. The van der Waals surface area contributed by atoms with Gasteiger partial charge in [-0.25, -0.2) is 18.4 Å². The first kappa shape index (κ1) is 25.5. The Morgan fingerprint density at radius 3 is 2.57 bits per heavy atom. The number of rotatable bonds is 10.